The van der Waals surface area contributed by atoms with E-state index in [1.165, 1.54) is 0 Å². The fraction of sp³-hybridized carbons (Fsp3) is 0.118. The van der Waals surface area contributed by atoms with Crippen LogP contribution in [0.5, 0.6) is 0 Å². The number of hydrazine groups is 1. The first-order valence-corrected chi connectivity index (χ1v) is 7.20. The smallest absolute Gasteiger partial charge is 0.0705 e. The molecule has 4 heteroatoms. The molecule has 3 aromatic rings. The minimum atomic E-state index is -0.0163. The molecule has 3 rings (SSSR count). The number of nitrogens with one attached hydrogen (secondary N) is 1. The lowest BCUT2D eigenvalue weighted by Crippen LogP contribution is -2.29. The normalized spacial score (nSPS) is 12.5. The first kappa shape index (κ1) is 14.0. The molecule has 1 heterocycles. The van der Waals surface area contributed by atoms with Gasteiger partial charge in [-0.25, -0.2) is 0 Å². The van der Waals surface area contributed by atoms with E-state index < -0.39 is 0 Å². The Morgan fingerprint density at radius 1 is 1.05 bits per heavy atom. The van der Waals surface area contributed by atoms with Gasteiger partial charge in [0, 0.05) is 22.5 Å². The van der Waals surface area contributed by atoms with Gasteiger partial charge in [0.1, 0.15) is 0 Å². The lowest BCUT2D eigenvalue weighted by atomic mass is 10.0. The molecule has 1 unspecified atom stereocenters. The van der Waals surface area contributed by atoms with Crippen molar-refractivity contribution in [3.63, 3.8) is 0 Å². The van der Waals surface area contributed by atoms with Crippen LogP contribution in [0.3, 0.4) is 0 Å². The van der Waals surface area contributed by atoms with Gasteiger partial charge in [0.15, 0.2) is 0 Å². The Bertz CT molecular complexity index is 758. The minimum absolute atomic E-state index is 0.0163. The maximum absolute atomic E-state index is 6.04. The number of para-hydroxylation sites is 1. The van der Waals surface area contributed by atoms with E-state index in [0.717, 1.165) is 22.2 Å². The molecule has 1 aromatic heterocycles. The van der Waals surface area contributed by atoms with Crippen LogP contribution in [0.2, 0.25) is 5.02 Å². The van der Waals surface area contributed by atoms with Gasteiger partial charge in [-0.2, -0.15) is 0 Å². The van der Waals surface area contributed by atoms with Crippen molar-refractivity contribution in [1.29, 1.82) is 0 Å². The van der Waals surface area contributed by atoms with Crippen molar-refractivity contribution in [3.8, 4) is 0 Å². The first-order chi connectivity index (χ1) is 10.3. The number of hydrogen-bond donors (Lipinski definition) is 2. The second-order valence-electron chi connectivity index (χ2n) is 4.97. The molecule has 0 saturated carbocycles. The van der Waals surface area contributed by atoms with Crippen molar-refractivity contribution in [3.05, 3.63) is 76.9 Å². The maximum Gasteiger partial charge on any atom is 0.0705 e. The first-order valence-electron chi connectivity index (χ1n) is 6.82. The Kier molecular flexibility index (Phi) is 4.15. The van der Waals surface area contributed by atoms with E-state index in [-0.39, 0.29) is 6.04 Å². The Morgan fingerprint density at radius 3 is 2.71 bits per heavy atom. The van der Waals surface area contributed by atoms with E-state index in [2.05, 4.69) is 22.5 Å². The molecule has 0 aliphatic carbocycles. The van der Waals surface area contributed by atoms with E-state index in [4.69, 9.17) is 17.4 Å². The zero-order chi connectivity index (χ0) is 14.7. The zero-order valence-corrected chi connectivity index (χ0v) is 12.2. The fourth-order valence-corrected chi connectivity index (χ4v) is 2.63. The van der Waals surface area contributed by atoms with Gasteiger partial charge in [0.2, 0.25) is 0 Å². The number of hydrogen-bond acceptors (Lipinski definition) is 3. The molecular weight excluding hydrogens is 282 g/mol. The van der Waals surface area contributed by atoms with Gasteiger partial charge in [0.05, 0.1) is 11.6 Å². The number of aromatic nitrogens is 1. The molecule has 2 aromatic carbocycles. The number of nitrogens with two attached hydrogens (primary N) is 1. The molecule has 3 nitrogen and oxygen atoms in total. The third kappa shape index (κ3) is 3.22. The van der Waals surface area contributed by atoms with Crippen molar-refractivity contribution < 1.29 is 0 Å². The van der Waals surface area contributed by atoms with Crippen LogP contribution in [0, 0.1) is 0 Å². The number of nitrogens with zero attached hydrogens (tertiary/aromatic N) is 1. The van der Waals surface area contributed by atoms with Gasteiger partial charge < -0.3 is 0 Å². The summed E-state index contributed by atoms with van der Waals surface area (Å²) in [5, 5.41) is 1.85. The van der Waals surface area contributed by atoms with E-state index in [1.54, 1.807) is 0 Å². The van der Waals surface area contributed by atoms with Crippen molar-refractivity contribution in [2.45, 2.75) is 12.5 Å². The number of rotatable bonds is 4. The van der Waals surface area contributed by atoms with Crippen molar-refractivity contribution in [1.82, 2.24) is 10.4 Å². The van der Waals surface area contributed by atoms with Crippen molar-refractivity contribution in [2.75, 3.05) is 0 Å². The molecular formula is C17H16ClN3. The summed E-state index contributed by atoms with van der Waals surface area (Å²) in [6.45, 7) is 0. The zero-order valence-electron chi connectivity index (χ0n) is 11.5. The molecule has 3 N–H and O–H groups in total. The number of pyridine rings is 1. The molecule has 0 spiro atoms. The largest absolute Gasteiger partial charge is 0.271 e. The molecule has 21 heavy (non-hydrogen) atoms. The van der Waals surface area contributed by atoms with Crippen molar-refractivity contribution >= 4 is 22.5 Å². The lowest BCUT2D eigenvalue weighted by Gasteiger charge is -2.16. The van der Waals surface area contributed by atoms with Crippen LogP contribution in [0.25, 0.3) is 10.9 Å². The molecule has 0 saturated heterocycles. The summed E-state index contributed by atoms with van der Waals surface area (Å²) < 4.78 is 0. The third-order valence-electron chi connectivity index (χ3n) is 3.52. The summed E-state index contributed by atoms with van der Waals surface area (Å²) in [6.07, 6.45) is 0.710. The second-order valence-corrected chi connectivity index (χ2v) is 5.41. The highest BCUT2D eigenvalue weighted by molar-refractivity contribution is 6.30. The molecule has 106 valence electrons. The van der Waals surface area contributed by atoms with Crippen LogP contribution < -0.4 is 11.3 Å². The average Bonchev–Trinajstić information content (AvgIpc) is 2.52. The Hall–Kier alpha value is -1.94. The van der Waals surface area contributed by atoms with E-state index in [0.29, 0.717) is 11.4 Å². The molecule has 0 aliphatic heterocycles. The van der Waals surface area contributed by atoms with Crippen LogP contribution in [-0.2, 0) is 6.42 Å². The highest BCUT2D eigenvalue weighted by atomic mass is 35.5. The van der Waals surface area contributed by atoms with Crippen LogP contribution in [0.1, 0.15) is 17.3 Å². The maximum atomic E-state index is 6.04. The third-order valence-corrected chi connectivity index (χ3v) is 3.76. The van der Waals surface area contributed by atoms with Gasteiger partial charge in [-0.05, 0) is 29.8 Å². The standard InChI is InChI=1S/C17H16ClN3/c18-14-6-3-5-13(10-14)17(21-19)11-15-9-8-12-4-1-2-7-16(12)20-15/h1-10,17,21H,11,19H2. The predicted molar refractivity (Wildman–Crippen MR) is 87.0 cm³/mol. The van der Waals surface area contributed by atoms with Gasteiger partial charge in [-0.3, -0.25) is 16.3 Å². The topological polar surface area (TPSA) is 50.9 Å². The number of benzene rings is 2. The Morgan fingerprint density at radius 2 is 1.90 bits per heavy atom. The Labute approximate surface area is 128 Å². The van der Waals surface area contributed by atoms with Gasteiger partial charge in [-0.1, -0.05) is 48.0 Å². The van der Waals surface area contributed by atoms with Gasteiger partial charge >= 0.3 is 0 Å². The minimum Gasteiger partial charge on any atom is -0.271 e. The van der Waals surface area contributed by atoms with Crippen molar-refractivity contribution in [2.24, 2.45) is 5.84 Å². The van der Waals surface area contributed by atoms with Crippen LogP contribution in [0.4, 0.5) is 0 Å². The molecule has 1 atom stereocenters. The highest BCUT2D eigenvalue weighted by Gasteiger charge is 2.12. The van der Waals surface area contributed by atoms with E-state index in [9.17, 15) is 0 Å². The monoisotopic (exact) mass is 297 g/mol. The summed E-state index contributed by atoms with van der Waals surface area (Å²) in [5.74, 6) is 5.69. The van der Waals surface area contributed by atoms with E-state index >= 15 is 0 Å². The molecule has 0 aliphatic rings. The quantitative estimate of drug-likeness (QED) is 0.571. The predicted octanol–water partition coefficient (Wildman–Crippen LogP) is 3.64. The SMILES string of the molecule is NNC(Cc1ccc2ccccc2n1)c1cccc(Cl)c1. The summed E-state index contributed by atoms with van der Waals surface area (Å²) in [7, 11) is 0. The number of halogens is 1. The van der Waals surface area contributed by atoms with Crippen LogP contribution in [-0.4, -0.2) is 4.98 Å². The molecule has 0 amide bonds. The van der Waals surface area contributed by atoms with Crippen LogP contribution in [0.15, 0.2) is 60.7 Å². The molecule has 0 fully saturated rings. The fourth-order valence-electron chi connectivity index (χ4n) is 2.43. The average molecular weight is 298 g/mol. The highest BCUT2D eigenvalue weighted by Crippen LogP contribution is 2.21. The summed E-state index contributed by atoms with van der Waals surface area (Å²) in [5.41, 5.74) is 5.89. The number of fused-ring (bicyclic) bond motifs is 1. The Balaban J connectivity index is 1.88. The molecule has 0 radical (unpaired) electrons. The van der Waals surface area contributed by atoms with E-state index in [1.807, 2.05) is 48.5 Å². The van der Waals surface area contributed by atoms with Gasteiger partial charge in [0.25, 0.3) is 0 Å². The lowest BCUT2D eigenvalue weighted by molar-refractivity contribution is 0.547. The van der Waals surface area contributed by atoms with Gasteiger partial charge in [-0.15, -0.1) is 0 Å². The summed E-state index contributed by atoms with van der Waals surface area (Å²) >= 11 is 6.04. The second kappa shape index (κ2) is 6.22. The summed E-state index contributed by atoms with van der Waals surface area (Å²) in [6, 6.07) is 19.9. The summed E-state index contributed by atoms with van der Waals surface area (Å²) in [4.78, 5) is 4.68. The molecule has 0 bridgehead atoms. The van der Waals surface area contributed by atoms with Crippen LogP contribution >= 0.6 is 11.6 Å².